The smallest absolute Gasteiger partial charge is 0.226 e. The number of Topliss-reactive ketones (excluding diaryl/α,β-unsaturated/α-hetero) is 1. The van der Waals surface area contributed by atoms with Gasteiger partial charge in [-0.15, -0.1) is 0 Å². The summed E-state index contributed by atoms with van der Waals surface area (Å²) in [5.74, 6) is 0.417. The quantitative estimate of drug-likeness (QED) is 0.759. The number of nitrogens with zero attached hydrogens (tertiary/aromatic N) is 2. The molecule has 3 aromatic rings. The Kier molecular flexibility index (Phi) is 4.08. The zero-order valence-electron chi connectivity index (χ0n) is 14.4. The molecule has 0 atom stereocenters. The fraction of sp³-hybridized carbons (Fsp3) is 0.200. The number of anilines is 1. The second-order valence-corrected chi connectivity index (χ2v) is 6.25. The van der Waals surface area contributed by atoms with Gasteiger partial charge >= 0.3 is 0 Å². The van der Waals surface area contributed by atoms with E-state index in [-0.39, 0.29) is 18.2 Å². The van der Waals surface area contributed by atoms with Gasteiger partial charge in [0.25, 0.3) is 0 Å². The first-order chi connectivity index (χ1) is 12.7. The first kappa shape index (κ1) is 16.2. The van der Waals surface area contributed by atoms with Crippen molar-refractivity contribution >= 4 is 34.4 Å². The van der Waals surface area contributed by atoms with Crippen molar-refractivity contribution in [2.45, 2.75) is 19.8 Å². The van der Waals surface area contributed by atoms with Gasteiger partial charge in [-0.25, -0.2) is 4.98 Å². The van der Waals surface area contributed by atoms with E-state index in [1.165, 1.54) is 0 Å². The molecular formula is C20H18N4O2. The highest BCUT2D eigenvalue weighted by Gasteiger charge is 2.21. The van der Waals surface area contributed by atoms with E-state index in [1.54, 1.807) is 0 Å². The van der Waals surface area contributed by atoms with Gasteiger partial charge < -0.3 is 4.98 Å². The zero-order chi connectivity index (χ0) is 18.1. The molecular weight excluding hydrogens is 328 g/mol. The standard InChI is InChI=1S/C20H18N4O2/c1-2-5-18(26)24-20-22-15-9-8-12(10-16(15)23-20)19-14-7-4-3-6-13(14)17(25)11-21-19/h3-4,6-10H,2,5,11H2,1H3,(H2,22,23,24,26). The molecule has 0 aliphatic carbocycles. The monoisotopic (exact) mass is 346 g/mol. The Balaban J connectivity index is 1.70. The zero-order valence-corrected chi connectivity index (χ0v) is 14.4. The molecule has 2 aromatic carbocycles. The molecule has 2 N–H and O–H groups in total. The van der Waals surface area contributed by atoms with Crippen LogP contribution in [-0.4, -0.2) is 33.9 Å². The van der Waals surface area contributed by atoms with Gasteiger partial charge in [0, 0.05) is 23.1 Å². The van der Waals surface area contributed by atoms with Crippen LogP contribution in [0.15, 0.2) is 47.5 Å². The van der Waals surface area contributed by atoms with Gasteiger partial charge in [0.1, 0.15) is 6.54 Å². The summed E-state index contributed by atoms with van der Waals surface area (Å²) in [4.78, 5) is 35.8. The fourth-order valence-corrected chi connectivity index (χ4v) is 3.14. The third kappa shape index (κ3) is 2.90. The van der Waals surface area contributed by atoms with Crippen LogP contribution in [0, 0.1) is 0 Å². The van der Waals surface area contributed by atoms with Gasteiger partial charge in [0.15, 0.2) is 5.78 Å². The molecule has 6 heteroatoms. The van der Waals surface area contributed by atoms with Gasteiger partial charge in [0.2, 0.25) is 11.9 Å². The van der Waals surface area contributed by atoms with Crippen molar-refractivity contribution in [2.75, 3.05) is 11.9 Å². The molecule has 0 fully saturated rings. The number of carbonyl (C=O) groups excluding carboxylic acids is 2. The summed E-state index contributed by atoms with van der Waals surface area (Å²) in [5.41, 5.74) is 4.84. The second kappa shape index (κ2) is 6.55. The molecule has 0 unspecified atom stereocenters. The van der Waals surface area contributed by atoms with Crippen LogP contribution in [0.4, 0.5) is 5.95 Å². The molecule has 2 heterocycles. The van der Waals surface area contributed by atoms with Crippen LogP contribution in [0.2, 0.25) is 0 Å². The summed E-state index contributed by atoms with van der Waals surface area (Å²) in [6.45, 7) is 2.11. The number of carbonyl (C=O) groups is 2. The maximum Gasteiger partial charge on any atom is 0.226 e. The highest BCUT2D eigenvalue weighted by Crippen LogP contribution is 2.23. The van der Waals surface area contributed by atoms with E-state index in [4.69, 9.17) is 0 Å². The largest absolute Gasteiger partial charge is 0.324 e. The first-order valence-corrected chi connectivity index (χ1v) is 8.62. The number of rotatable bonds is 4. The Hall–Kier alpha value is -3.28. The predicted molar refractivity (Wildman–Crippen MR) is 101 cm³/mol. The van der Waals surface area contributed by atoms with Crippen molar-refractivity contribution < 1.29 is 9.59 Å². The molecule has 0 bridgehead atoms. The third-order valence-electron chi connectivity index (χ3n) is 4.35. The van der Waals surface area contributed by atoms with Gasteiger partial charge in [-0.2, -0.15) is 0 Å². The lowest BCUT2D eigenvalue weighted by Gasteiger charge is -2.16. The number of benzene rings is 2. The van der Waals surface area contributed by atoms with Crippen LogP contribution in [0.3, 0.4) is 0 Å². The molecule has 26 heavy (non-hydrogen) atoms. The molecule has 1 aliphatic rings. The topological polar surface area (TPSA) is 87.2 Å². The molecule has 0 radical (unpaired) electrons. The fourth-order valence-electron chi connectivity index (χ4n) is 3.14. The molecule has 1 aliphatic heterocycles. The lowest BCUT2D eigenvalue weighted by atomic mass is 9.92. The predicted octanol–water partition coefficient (Wildman–Crippen LogP) is 3.34. The van der Waals surface area contributed by atoms with Gasteiger partial charge in [-0.3, -0.25) is 19.9 Å². The number of aliphatic imine (C=N–C) groups is 1. The van der Waals surface area contributed by atoms with Crippen LogP contribution in [-0.2, 0) is 4.79 Å². The average molecular weight is 346 g/mol. The van der Waals surface area contributed by atoms with Crippen LogP contribution in [0.5, 0.6) is 0 Å². The third-order valence-corrected chi connectivity index (χ3v) is 4.35. The minimum atomic E-state index is -0.0594. The Morgan fingerprint density at radius 1 is 1.19 bits per heavy atom. The molecule has 4 rings (SSSR count). The van der Waals surface area contributed by atoms with E-state index >= 15 is 0 Å². The number of fused-ring (bicyclic) bond motifs is 2. The number of nitrogens with one attached hydrogen (secondary N) is 2. The number of hydrogen-bond acceptors (Lipinski definition) is 4. The van der Waals surface area contributed by atoms with Crippen molar-refractivity contribution in [3.8, 4) is 0 Å². The molecule has 6 nitrogen and oxygen atoms in total. The summed E-state index contributed by atoms with van der Waals surface area (Å²) in [6, 6.07) is 13.3. The number of aromatic amines is 1. The first-order valence-electron chi connectivity index (χ1n) is 8.62. The number of amides is 1. The highest BCUT2D eigenvalue weighted by molar-refractivity contribution is 6.22. The van der Waals surface area contributed by atoms with E-state index in [9.17, 15) is 9.59 Å². The molecule has 1 amide bonds. The summed E-state index contributed by atoms with van der Waals surface area (Å²) < 4.78 is 0. The maximum absolute atomic E-state index is 12.1. The van der Waals surface area contributed by atoms with Crippen LogP contribution in [0.25, 0.3) is 11.0 Å². The Bertz CT molecular complexity index is 1050. The Morgan fingerprint density at radius 3 is 2.81 bits per heavy atom. The second-order valence-electron chi connectivity index (χ2n) is 6.25. The minimum absolute atomic E-state index is 0.0351. The number of H-pyrrole nitrogens is 1. The number of ketones is 1. The average Bonchev–Trinajstić information content (AvgIpc) is 3.03. The van der Waals surface area contributed by atoms with Gasteiger partial charge in [-0.1, -0.05) is 37.3 Å². The molecule has 0 saturated heterocycles. The minimum Gasteiger partial charge on any atom is -0.324 e. The lowest BCUT2D eigenvalue weighted by Crippen LogP contribution is -2.19. The SMILES string of the molecule is CCCC(=O)Nc1nc2ccc(C3=NCC(=O)c4ccccc43)cc2[nH]1. The van der Waals surface area contributed by atoms with Crippen molar-refractivity contribution in [3.63, 3.8) is 0 Å². The van der Waals surface area contributed by atoms with Gasteiger partial charge in [-0.05, 0) is 18.6 Å². The van der Waals surface area contributed by atoms with Crippen LogP contribution >= 0.6 is 0 Å². The van der Waals surface area contributed by atoms with E-state index < -0.39 is 0 Å². The molecule has 0 spiro atoms. The van der Waals surface area contributed by atoms with Gasteiger partial charge in [0.05, 0.1) is 16.7 Å². The maximum atomic E-state index is 12.1. The number of aromatic nitrogens is 2. The van der Waals surface area contributed by atoms with E-state index in [2.05, 4.69) is 20.3 Å². The summed E-state index contributed by atoms with van der Waals surface area (Å²) in [7, 11) is 0. The molecule has 1 aromatic heterocycles. The van der Waals surface area contributed by atoms with Crippen molar-refractivity contribution in [3.05, 3.63) is 59.2 Å². The normalized spacial score (nSPS) is 13.4. The van der Waals surface area contributed by atoms with E-state index in [0.29, 0.717) is 17.9 Å². The summed E-state index contributed by atoms with van der Waals surface area (Å²) in [5, 5.41) is 2.77. The van der Waals surface area contributed by atoms with Crippen molar-refractivity contribution in [1.29, 1.82) is 0 Å². The van der Waals surface area contributed by atoms with E-state index in [0.717, 1.165) is 34.3 Å². The number of imidazole rings is 1. The van der Waals surface area contributed by atoms with Crippen LogP contribution < -0.4 is 5.32 Å². The van der Waals surface area contributed by atoms with Crippen LogP contribution in [0.1, 0.15) is 41.3 Å². The van der Waals surface area contributed by atoms with E-state index in [1.807, 2.05) is 49.4 Å². The van der Waals surface area contributed by atoms with Crippen molar-refractivity contribution in [1.82, 2.24) is 9.97 Å². The number of hydrogen-bond donors (Lipinski definition) is 2. The Morgan fingerprint density at radius 2 is 2.00 bits per heavy atom. The highest BCUT2D eigenvalue weighted by atomic mass is 16.1. The summed E-state index contributed by atoms with van der Waals surface area (Å²) in [6.07, 6.45) is 1.25. The molecule has 0 saturated carbocycles. The Labute approximate surface area is 150 Å². The molecule has 130 valence electrons. The van der Waals surface area contributed by atoms with Crippen molar-refractivity contribution in [2.24, 2.45) is 4.99 Å². The lowest BCUT2D eigenvalue weighted by molar-refractivity contribution is -0.116. The summed E-state index contributed by atoms with van der Waals surface area (Å²) >= 11 is 0.